The number of thioether (sulfide) groups is 2. The van der Waals surface area contributed by atoms with E-state index in [1.165, 1.54) is 16.4 Å². The quantitative estimate of drug-likeness (QED) is 0.219. The number of amides is 3. The van der Waals surface area contributed by atoms with Crippen molar-refractivity contribution in [3.8, 4) is 0 Å². The van der Waals surface area contributed by atoms with Gasteiger partial charge in [0.15, 0.2) is 6.10 Å². The van der Waals surface area contributed by atoms with Crippen molar-refractivity contribution in [1.82, 2.24) is 30.4 Å². The molecule has 13 nitrogen and oxygen atoms in total. The van der Waals surface area contributed by atoms with Gasteiger partial charge in [0, 0.05) is 11.5 Å². The molecule has 4 atom stereocenters. The van der Waals surface area contributed by atoms with Crippen molar-refractivity contribution >= 4 is 47.2 Å². The molecule has 37 heavy (non-hydrogen) atoms. The van der Waals surface area contributed by atoms with Gasteiger partial charge >= 0.3 is 5.97 Å². The maximum Gasteiger partial charge on any atom is 0.352 e. The van der Waals surface area contributed by atoms with E-state index in [-0.39, 0.29) is 17.2 Å². The molecule has 196 valence electrons. The molecule has 3 amide bonds. The summed E-state index contributed by atoms with van der Waals surface area (Å²) in [6.45, 7) is 1.90. The number of β-lactam (4-membered cyclic amide) rings is 1. The molecule has 4 rings (SSSR count). The number of aliphatic hydroxyl groups excluding tert-OH is 1. The minimum atomic E-state index is -1.46. The zero-order valence-corrected chi connectivity index (χ0v) is 21.3. The van der Waals surface area contributed by atoms with Crippen molar-refractivity contribution in [3.05, 3.63) is 47.2 Å². The van der Waals surface area contributed by atoms with Gasteiger partial charge in [0.25, 0.3) is 11.8 Å². The fourth-order valence-electron chi connectivity index (χ4n) is 4.10. The maximum atomic E-state index is 12.9. The Morgan fingerprint density at radius 2 is 2.03 bits per heavy atom. The molecule has 0 radical (unpaired) electrons. The van der Waals surface area contributed by atoms with Crippen LogP contribution in [0.5, 0.6) is 0 Å². The van der Waals surface area contributed by atoms with Crippen molar-refractivity contribution in [3.63, 3.8) is 0 Å². The third-order valence-corrected chi connectivity index (χ3v) is 8.29. The summed E-state index contributed by atoms with van der Waals surface area (Å²) in [5.41, 5.74) is 6.19. The Morgan fingerprint density at radius 3 is 2.68 bits per heavy atom. The van der Waals surface area contributed by atoms with Crippen molar-refractivity contribution < 1.29 is 29.4 Å². The number of aromatic nitrogens is 4. The lowest BCUT2D eigenvalue weighted by Gasteiger charge is -2.49. The first kappa shape index (κ1) is 26.6. The summed E-state index contributed by atoms with van der Waals surface area (Å²) in [4.78, 5) is 50.6. The number of aliphatic hydroxyl groups is 1. The molecule has 2 aromatic rings. The minimum absolute atomic E-state index is 0.158. The van der Waals surface area contributed by atoms with Crippen LogP contribution in [0.4, 0.5) is 0 Å². The Kier molecular flexibility index (Phi) is 8.14. The number of nitrogens with two attached hydrogens (primary N) is 1. The van der Waals surface area contributed by atoms with E-state index >= 15 is 0 Å². The van der Waals surface area contributed by atoms with Crippen LogP contribution in [0.3, 0.4) is 0 Å². The predicted molar refractivity (Wildman–Crippen MR) is 133 cm³/mol. The Balaban J connectivity index is 1.46. The van der Waals surface area contributed by atoms with Crippen LogP contribution < -0.4 is 11.1 Å². The normalized spacial score (nSPS) is 20.6. The van der Waals surface area contributed by atoms with Gasteiger partial charge in [-0.3, -0.25) is 19.3 Å². The Bertz CT molecular complexity index is 1240. The summed E-state index contributed by atoms with van der Waals surface area (Å²) in [6, 6.07) is 6.60. The van der Waals surface area contributed by atoms with E-state index in [1.54, 1.807) is 30.3 Å². The van der Waals surface area contributed by atoms with Gasteiger partial charge in [-0.15, -0.1) is 16.9 Å². The third-order valence-electron chi connectivity index (χ3n) is 5.94. The maximum absolute atomic E-state index is 12.9. The van der Waals surface area contributed by atoms with Gasteiger partial charge in [0.1, 0.15) is 23.2 Å². The Labute approximate surface area is 219 Å². The molecule has 2 unspecified atom stereocenters. The van der Waals surface area contributed by atoms with Crippen molar-refractivity contribution in [2.24, 2.45) is 5.73 Å². The lowest BCUT2D eigenvalue weighted by atomic mass is 10.0. The monoisotopic (exact) mass is 547 g/mol. The highest BCUT2D eigenvalue weighted by atomic mass is 32.2. The zero-order chi connectivity index (χ0) is 26.7. The number of carbonyl (C=O) groups excluding carboxylic acids is 3. The lowest BCUT2D eigenvalue weighted by molar-refractivity contribution is -0.151. The summed E-state index contributed by atoms with van der Waals surface area (Å²) in [7, 11) is 0. The van der Waals surface area contributed by atoms with Gasteiger partial charge in [0.2, 0.25) is 11.1 Å². The molecule has 3 heterocycles. The Morgan fingerprint density at radius 1 is 1.30 bits per heavy atom. The summed E-state index contributed by atoms with van der Waals surface area (Å²) < 4.78 is 1.33. The van der Waals surface area contributed by atoms with Gasteiger partial charge in [-0.05, 0) is 28.0 Å². The smallest absolute Gasteiger partial charge is 0.352 e. The number of carboxylic acid groups (broad SMARTS) is 1. The second-order valence-corrected chi connectivity index (χ2v) is 10.4. The standard InChI is InChI=1S/C22H25N7O6S2/c1-2-6-13(17(23)31)29-22(25-26-27-29)37-10-12-9-36-20-14(19(33)28(20)15(12)21(34)35)24-18(32)16(30)11-7-4-3-5-8-11/h3-5,7-8,13-14,16,20,30H,2,6,9-10H2,1H3,(H2,23,31)(H,24,32)(H,34,35)/t13?,14?,16-,20-/m1/s1. The van der Waals surface area contributed by atoms with E-state index in [4.69, 9.17) is 5.73 Å². The molecule has 0 spiro atoms. The number of carboxylic acids is 1. The average Bonchev–Trinajstić information content (AvgIpc) is 3.36. The van der Waals surface area contributed by atoms with E-state index < -0.39 is 47.3 Å². The van der Waals surface area contributed by atoms with E-state index in [1.807, 2.05) is 6.92 Å². The molecule has 0 aliphatic carbocycles. The van der Waals surface area contributed by atoms with Crippen LogP contribution in [0.1, 0.15) is 37.5 Å². The number of carbonyl (C=O) groups is 4. The number of nitrogens with zero attached hydrogens (tertiary/aromatic N) is 5. The number of nitrogens with one attached hydrogen (secondary N) is 1. The largest absolute Gasteiger partial charge is 0.477 e. The topological polar surface area (TPSA) is 194 Å². The van der Waals surface area contributed by atoms with E-state index in [9.17, 15) is 29.4 Å². The number of aliphatic carboxylic acids is 1. The molecule has 0 saturated carbocycles. The van der Waals surface area contributed by atoms with Crippen molar-refractivity contribution in [2.75, 3.05) is 11.5 Å². The lowest BCUT2D eigenvalue weighted by Crippen LogP contribution is -2.70. The first-order valence-electron chi connectivity index (χ1n) is 11.4. The number of hydrogen-bond acceptors (Lipinski definition) is 10. The average molecular weight is 548 g/mol. The van der Waals surface area contributed by atoms with Crippen LogP contribution in [-0.4, -0.2) is 81.9 Å². The summed E-state index contributed by atoms with van der Waals surface area (Å²) in [5, 5.41) is 33.9. The molecule has 15 heteroatoms. The first-order valence-corrected chi connectivity index (χ1v) is 13.4. The Hall–Kier alpha value is -3.43. The molecule has 1 aromatic heterocycles. The van der Waals surface area contributed by atoms with Crippen molar-refractivity contribution in [1.29, 1.82) is 0 Å². The minimum Gasteiger partial charge on any atom is -0.477 e. The molecule has 1 fully saturated rings. The summed E-state index contributed by atoms with van der Waals surface area (Å²) in [6.07, 6.45) is -0.328. The molecule has 1 saturated heterocycles. The van der Waals surface area contributed by atoms with Gasteiger partial charge in [0.05, 0.1) is 0 Å². The zero-order valence-electron chi connectivity index (χ0n) is 19.7. The molecule has 2 aliphatic rings. The van der Waals surface area contributed by atoms with Crippen LogP contribution in [-0.2, 0) is 19.2 Å². The van der Waals surface area contributed by atoms with Gasteiger partial charge < -0.3 is 21.3 Å². The molecule has 1 aromatic carbocycles. The third kappa shape index (κ3) is 5.33. The fourth-order valence-corrected chi connectivity index (χ4v) is 6.51. The van der Waals surface area contributed by atoms with Crippen LogP contribution >= 0.6 is 23.5 Å². The SMILES string of the molecule is CCCC(C(N)=O)n1nnnc1SCC1=C(C(=O)O)N2C(=O)C(NC(=O)[C@H](O)c3ccccc3)[C@H]2SC1. The highest BCUT2D eigenvalue weighted by Crippen LogP contribution is 2.41. The van der Waals surface area contributed by atoms with E-state index in [2.05, 4.69) is 20.8 Å². The number of rotatable bonds is 11. The number of hydrogen-bond donors (Lipinski definition) is 4. The van der Waals surface area contributed by atoms with Crippen LogP contribution in [0.25, 0.3) is 0 Å². The van der Waals surface area contributed by atoms with Gasteiger partial charge in [-0.1, -0.05) is 55.4 Å². The molecule has 0 bridgehead atoms. The highest BCUT2D eigenvalue weighted by Gasteiger charge is 2.54. The highest BCUT2D eigenvalue weighted by molar-refractivity contribution is 8.01. The number of benzene rings is 1. The van der Waals surface area contributed by atoms with Gasteiger partial charge in [-0.2, -0.15) is 0 Å². The van der Waals surface area contributed by atoms with E-state index in [0.717, 1.165) is 16.7 Å². The molecule has 5 N–H and O–H groups in total. The number of tetrazole rings is 1. The van der Waals surface area contributed by atoms with Crippen LogP contribution in [0.15, 0.2) is 46.8 Å². The van der Waals surface area contributed by atoms with Gasteiger partial charge in [-0.25, -0.2) is 9.48 Å². The second kappa shape index (κ2) is 11.3. The molecular formula is C22H25N7O6S2. The fraction of sp³-hybridized carbons (Fsp3) is 0.409. The number of fused-ring (bicyclic) bond motifs is 1. The summed E-state index contributed by atoms with van der Waals surface area (Å²) in [5.74, 6) is -2.72. The first-order chi connectivity index (χ1) is 17.7. The number of primary amides is 1. The molecule has 2 aliphatic heterocycles. The molecular weight excluding hydrogens is 522 g/mol. The second-order valence-electron chi connectivity index (χ2n) is 8.37. The summed E-state index contributed by atoms with van der Waals surface area (Å²) >= 11 is 2.44. The van der Waals surface area contributed by atoms with Crippen LogP contribution in [0.2, 0.25) is 0 Å². The van der Waals surface area contributed by atoms with Crippen LogP contribution in [0, 0.1) is 0 Å². The van der Waals surface area contributed by atoms with E-state index in [0.29, 0.717) is 29.1 Å². The van der Waals surface area contributed by atoms with Crippen molar-refractivity contribution in [2.45, 2.75) is 48.5 Å². The predicted octanol–water partition coefficient (Wildman–Crippen LogP) is 0.0639.